The van der Waals surface area contributed by atoms with Gasteiger partial charge >= 0.3 is 0 Å². The molecule has 2 amide bonds. The van der Waals surface area contributed by atoms with E-state index in [2.05, 4.69) is 10.6 Å². The first-order valence-electron chi connectivity index (χ1n) is 14.8. The second kappa shape index (κ2) is 10.3. The summed E-state index contributed by atoms with van der Waals surface area (Å²) in [6.07, 6.45) is 5.64. The van der Waals surface area contributed by atoms with Crippen molar-refractivity contribution in [3.63, 3.8) is 0 Å². The normalized spacial score (nSPS) is 17.2. The van der Waals surface area contributed by atoms with Crippen LogP contribution in [-0.2, 0) is 6.54 Å². The molecule has 10 heteroatoms. The van der Waals surface area contributed by atoms with E-state index in [1.165, 1.54) is 10.6 Å². The van der Waals surface area contributed by atoms with Gasteiger partial charge in [0.2, 0.25) is 5.91 Å². The van der Waals surface area contributed by atoms with Gasteiger partial charge in [-0.2, -0.15) is 5.10 Å². The Morgan fingerprint density at radius 3 is 2.60 bits per heavy atom. The van der Waals surface area contributed by atoms with Gasteiger partial charge in [-0.3, -0.25) is 9.59 Å². The minimum Gasteiger partial charge on any atom is -0.366 e. The Kier molecular flexibility index (Phi) is 6.54. The summed E-state index contributed by atoms with van der Waals surface area (Å²) in [6, 6.07) is 12.8. The fourth-order valence-electron chi connectivity index (χ4n) is 6.34. The quantitative estimate of drug-likeness (QED) is 0.298. The van der Waals surface area contributed by atoms with E-state index in [4.69, 9.17) is 21.5 Å². The molecule has 0 radical (unpaired) electrons. The van der Waals surface area contributed by atoms with Crippen LogP contribution in [0.25, 0.3) is 39.2 Å². The van der Waals surface area contributed by atoms with Crippen molar-refractivity contribution in [3.05, 3.63) is 76.7 Å². The van der Waals surface area contributed by atoms with Crippen LogP contribution < -0.4 is 11.5 Å². The van der Waals surface area contributed by atoms with E-state index in [0.717, 1.165) is 65.8 Å². The lowest BCUT2D eigenvalue weighted by molar-refractivity contribution is 0.0707. The van der Waals surface area contributed by atoms with Gasteiger partial charge in [0.05, 0.1) is 17.0 Å². The van der Waals surface area contributed by atoms with Crippen LogP contribution in [0, 0.1) is 25.6 Å². The van der Waals surface area contributed by atoms with Gasteiger partial charge in [0.1, 0.15) is 22.7 Å². The fourth-order valence-corrected chi connectivity index (χ4v) is 6.34. The number of piperidine rings is 1. The molecule has 43 heavy (non-hydrogen) atoms. The second-order valence-electron chi connectivity index (χ2n) is 12.1. The molecular weight excluding hydrogens is 545 g/mol. The summed E-state index contributed by atoms with van der Waals surface area (Å²) in [4.78, 5) is 31.7. The number of aromatic nitrogens is 4. The number of pyridine rings is 2. The SMILES string of the molecule is Cc1cc(-c2ccc3cc(-c4nn5cc(C(=O)N6CCC[C@@H](N)C6)cc(F)c5c4C)n(CC4CC4)c3n2)ccc1C(N)=O. The average molecular weight is 580 g/mol. The van der Waals surface area contributed by atoms with Gasteiger partial charge in [-0.25, -0.2) is 13.9 Å². The molecule has 1 aliphatic carbocycles. The molecule has 4 N–H and O–H groups in total. The van der Waals surface area contributed by atoms with Crippen molar-refractivity contribution in [3.8, 4) is 22.6 Å². The second-order valence-corrected chi connectivity index (χ2v) is 12.1. The number of amides is 2. The van der Waals surface area contributed by atoms with Gasteiger partial charge in [0.25, 0.3) is 5.91 Å². The van der Waals surface area contributed by atoms with Gasteiger partial charge in [-0.15, -0.1) is 0 Å². The standard InChI is InChI=1S/C33H34FN7O2/c1-18-12-21(7-9-25(18)31(36)42)27-10-8-22-14-28(40(32(22)37-27)15-20-5-6-20)29-19(2)30-26(34)13-23(16-41(30)38-29)33(43)39-11-3-4-24(35)17-39/h7-10,12-14,16,20,24H,3-6,11,15,17,35H2,1-2H3,(H2,36,42)/t24-/m1/s1. The minimum atomic E-state index is -0.483. The smallest absolute Gasteiger partial charge is 0.255 e. The molecule has 1 saturated heterocycles. The molecule has 0 unspecified atom stereocenters. The van der Waals surface area contributed by atoms with E-state index < -0.39 is 11.7 Å². The molecule has 1 aliphatic heterocycles. The Bertz CT molecular complexity index is 1940. The summed E-state index contributed by atoms with van der Waals surface area (Å²) >= 11 is 0. The van der Waals surface area contributed by atoms with Crippen LogP contribution in [-0.4, -0.2) is 55.0 Å². The third-order valence-electron chi connectivity index (χ3n) is 8.82. The first kappa shape index (κ1) is 27.3. The molecule has 7 rings (SSSR count). The molecular formula is C33H34FN7O2. The summed E-state index contributed by atoms with van der Waals surface area (Å²) in [7, 11) is 0. The van der Waals surface area contributed by atoms with Crippen molar-refractivity contribution in [2.24, 2.45) is 17.4 Å². The van der Waals surface area contributed by atoms with Crippen molar-refractivity contribution >= 4 is 28.4 Å². The molecule has 2 fully saturated rings. The number of fused-ring (bicyclic) bond motifs is 2. The number of hydrogen-bond acceptors (Lipinski definition) is 5. The molecule has 4 aromatic heterocycles. The summed E-state index contributed by atoms with van der Waals surface area (Å²) < 4.78 is 19.3. The number of rotatable bonds is 6. The van der Waals surface area contributed by atoms with Gasteiger partial charge in [-0.05, 0) is 87.4 Å². The largest absolute Gasteiger partial charge is 0.366 e. The topological polar surface area (TPSA) is 125 Å². The van der Waals surface area contributed by atoms with E-state index in [1.54, 1.807) is 17.2 Å². The molecule has 2 aliphatic rings. The number of hydrogen-bond donors (Lipinski definition) is 2. The number of benzene rings is 1. The maximum Gasteiger partial charge on any atom is 0.255 e. The number of likely N-dealkylation sites (tertiary alicyclic amines) is 1. The van der Waals surface area contributed by atoms with E-state index >= 15 is 4.39 Å². The predicted octanol–water partition coefficient (Wildman–Crippen LogP) is 4.85. The highest BCUT2D eigenvalue weighted by Crippen LogP contribution is 2.37. The zero-order chi connectivity index (χ0) is 30.0. The molecule has 0 spiro atoms. The van der Waals surface area contributed by atoms with Crippen molar-refractivity contribution in [2.45, 2.75) is 52.1 Å². The van der Waals surface area contributed by atoms with Crippen molar-refractivity contribution in [1.82, 2.24) is 24.1 Å². The maximum atomic E-state index is 15.6. The lowest BCUT2D eigenvalue weighted by atomic mass is 10.0. The first-order valence-corrected chi connectivity index (χ1v) is 14.8. The lowest BCUT2D eigenvalue weighted by Gasteiger charge is -2.30. The zero-order valence-corrected chi connectivity index (χ0v) is 24.3. The third kappa shape index (κ3) is 4.85. The third-order valence-corrected chi connectivity index (χ3v) is 8.82. The minimum absolute atomic E-state index is 0.0640. The van der Waals surface area contributed by atoms with E-state index in [-0.39, 0.29) is 17.5 Å². The van der Waals surface area contributed by atoms with E-state index in [9.17, 15) is 9.59 Å². The lowest BCUT2D eigenvalue weighted by Crippen LogP contribution is -2.45. The first-order chi connectivity index (χ1) is 20.7. The van der Waals surface area contributed by atoms with E-state index in [0.29, 0.717) is 41.3 Å². The van der Waals surface area contributed by atoms with Crippen LogP contribution in [0.15, 0.2) is 48.7 Å². The molecule has 1 atom stereocenters. The average Bonchev–Trinajstić information content (AvgIpc) is 3.65. The Hall–Kier alpha value is -4.57. The molecule has 1 aromatic carbocycles. The summed E-state index contributed by atoms with van der Waals surface area (Å²) in [5.41, 5.74) is 18.2. The monoisotopic (exact) mass is 579 g/mol. The number of nitrogens with two attached hydrogens (primary N) is 2. The van der Waals surface area contributed by atoms with Crippen molar-refractivity contribution in [2.75, 3.05) is 13.1 Å². The fraction of sp³-hybridized carbons (Fsp3) is 0.333. The van der Waals surface area contributed by atoms with Crippen LogP contribution in [0.3, 0.4) is 0 Å². The number of nitrogens with zero attached hydrogens (tertiary/aromatic N) is 5. The molecule has 5 heterocycles. The Labute approximate surface area is 248 Å². The number of carbonyl (C=O) groups excluding carboxylic acids is 2. The number of halogens is 1. The highest BCUT2D eigenvalue weighted by Gasteiger charge is 2.28. The Balaban J connectivity index is 1.32. The van der Waals surface area contributed by atoms with Crippen LogP contribution in [0.4, 0.5) is 4.39 Å². The molecule has 0 bridgehead atoms. The molecule has 220 valence electrons. The van der Waals surface area contributed by atoms with Crippen LogP contribution >= 0.6 is 0 Å². The van der Waals surface area contributed by atoms with E-state index in [1.807, 2.05) is 38.1 Å². The Morgan fingerprint density at radius 2 is 1.88 bits per heavy atom. The van der Waals surface area contributed by atoms with Gasteiger partial charge in [0.15, 0.2) is 0 Å². The van der Waals surface area contributed by atoms with Gasteiger partial charge < -0.3 is 20.9 Å². The molecule has 1 saturated carbocycles. The highest BCUT2D eigenvalue weighted by atomic mass is 19.1. The number of aryl methyl sites for hydroxylation is 2. The zero-order valence-electron chi connectivity index (χ0n) is 24.3. The van der Waals surface area contributed by atoms with Crippen LogP contribution in [0.1, 0.15) is 57.5 Å². The van der Waals surface area contributed by atoms with Gasteiger partial charge in [0, 0.05) is 53.9 Å². The van der Waals surface area contributed by atoms with Crippen molar-refractivity contribution < 1.29 is 14.0 Å². The molecule has 9 nitrogen and oxygen atoms in total. The number of carbonyl (C=O) groups is 2. The van der Waals surface area contributed by atoms with Crippen molar-refractivity contribution in [1.29, 1.82) is 0 Å². The molecule has 5 aromatic rings. The Morgan fingerprint density at radius 1 is 1.07 bits per heavy atom. The summed E-state index contributed by atoms with van der Waals surface area (Å²) in [6.45, 7) is 5.59. The maximum absolute atomic E-state index is 15.6. The predicted molar refractivity (Wildman–Crippen MR) is 163 cm³/mol. The number of primary amides is 1. The summed E-state index contributed by atoms with van der Waals surface area (Å²) in [5, 5.41) is 5.79. The highest BCUT2D eigenvalue weighted by molar-refractivity contribution is 5.96. The summed E-state index contributed by atoms with van der Waals surface area (Å²) in [5.74, 6) is -0.624. The van der Waals surface area contributed by atoms with Crippen LogP contribution in [0.5, 0.6) is 0 Å². The van der Waals surface area contributed by atoms with Gasteiger partial charge in [-0.1, -0.05) is 6.07 Å². The van der Waals surface area contributed by atoms with Crippen LogP contribution in [0.2, 0.25) is 0 Å².